The highest BCUT2D eigenvalue weighted by atomic mass is 16.5. The maximum absolute atomic E-state index is 13.6. The van der Waals surface area contributed by atoms with Gasteiger partial charge in [-0.2, -0.15) is 5.10 Å². The van der Waals surface area contributed by atoms with E-state index in [4.69, 9.17) is 19.6 Å². The van der Waals surface area contributed by atoms with Crippen LogP contribution in [0.25, 0.3) is 10.9 Å². The highest BCUT2D eigenvalue weighted by Gasteiger charge is 2.41. The van der Waals surface area contributed by atoms with Gasteiger partial charge in [0.05, 0.1) is 25.1 Å². The molecule has 61 heavy (non-hydrogen) atoms. The van der Waals surface area contributed by atoms with E-state index in [2.05, 4.69) is 51.9 Å². The molecule has 2 amide bonds. The Kier molecular flexibility index (Phi) is 11.7. The average molecular weight is 809 g/mol. The van der Waals surface area contributed by atoms with Crippen molar-refractivity contribution in [3.63, 3.8) is 0 Å². The molecule has 0 aliphatic carbocycles. The molecule has 0 saturated heterocycles. The monoisotopic (exact) mass is 808 g/mol. The fraction of sp³-hybridized carbons (Fsp3) is 0.120. The highest BCUT2D eigenvalue weighted by molar-refractivity contribution is 5.96. The van der Waals surface area contributed by atoms with E-state index in [1.165, 1.54) is 0 Å². The third-order valence-electron chi connectivity index (χ3n) is 10.7. The number of ether oxygens (including phenoxy) is 2. The van der Waals surface area contributed by atoms with Crippen LogP contribution in [0.2, 0.25) is 0 Å². The molecule has 0 aliphatic rings. The molecule has 3 N–H and O–H groups in total. The van der Waals surface area contributed by atoms with Gasteiger partial charge in [0.1, 0.15) is 22.9 Å². The van der Waals surface area contributed by atoms with Crippen LogP contribution in [0, 0.1) is 0 Å². The molecule has 0 aliphatic heterocycles. The van der Waals surface area contributed by atoms with Gasteiger partial charge in [0.15, 0.2) is 11.9 Å². The SMILES string of the molecule is COc1ccc(CN(Cc2ccc(OC)cc2)c2nn(C(c3ccccc3)(c3ccccc3)c3ccccc3)c3cc(NC(=O)NC(C(=O)O)c4ccccc4)ncc23)cc1. The van der Waals surface area contributed by atoms with Crippen LogP contribution in [0.4, 0.5) is 16.4 Å². The molecule has 304 valence electrons. The van der Waals surface area contributed by atoms with Gasteiger partial charge in [-0.25, -0.2) is 19.3 Å². The minimum absolute atomic E-state index is 0.204. The van der Waals surface area contributed by atoms with E-state index < -0.39 is 23.6 Å². The number of carboxylic acids is 1. The maximum Gasteiger partial charge on any atom is 0.330 e. The lowest BCUT2D eigenvalue weighted by atomic mass is 9.77. The number of carbonyl (C=O) groups is 2. The van der Waals surface area contributed by atoms with Gasteiger partial charge in [-0.15, -0.1) is 0 Å². The molecule has 2 aromatic heterocycles. The summed E-state index contributed by atoms with van der Waals surface area (Å²) < 4.78 is 13.0. The molecular formula is C50H44N6O5. The predicted octanol–water partition coefficient (Wildman–Crippen LogP) is 9.44. The smallest absolute Gasteiger partial charge is 0.330 e. The molecular weight excluding hydrogens is 765 g/mol. The maximum atomic E-state index is 13.6. The number of hydrogen-bond donors (Lipinski definition) is 3. The zero-order valence-corrected chi connectivity index (χ0v) is 33.7. The summed E-state index contributed by atoms with van der Waals surface area (Å²) in [6.07, 6.45) is 1.72. The Hall–Kier alpha value is -7.92. The fourth-order valence-corrected chi connectivity index (χ4v) is 7.78. The number of aliphatic carboxylic acids is 1. The first-order chi connectivity index (χ1) is 29.9. The lowest BCUT2D eigenvalue weighted by molar-refractivity contribution is -0.139. The molecule has 0 bridgehead atoms. The first-order valence-corrected chi connectivity index (χ1v) is 19.8. The number of aromatic nitrogens is 3. The molecule has 6 aromatic carbocycles. The Morgan fingerprint density at radius 3 is 1.57 bits per heavy atom. The summed E-state index contributed by atoms with van der Waals surface area (Å²) in [7, 11) is 3.30. The van der Waals surface area contributed by atoms with Gasteiger partial charge in [-0.1, -0.05) is 146 Å². The lowest BCUT2D eigenvalue weighted by Crippen LogP contribution is -2.39. The van der Waals surface area contributed by atoms with Gasteiger partial charge in [-0.05, 0) is 57.6 Å². The van der Waals surface area contributed by atoms with Crippen molar-refractivity contribution in [3.05, 3.63) is 216 Å². The molecule has 0 radical (unpaired) electrons. The number of carboxylic acid groups (broad SMARTS) is 1. The normalized spacial score (nSPS) is 11.7. The summed E-state index contributed by atoms with van der Waals surface area (Å²) in [5, 5.41) is 21.9. The summed E-state index contributed by atoms with van der Waals surface area (Å²) in [4.78, 5) is 32.9. The van der Waals surface area contributed by atoms with Gasteiger partial charge in [0.2, 0.25) is 0 Å². The Morgan fingerprint density at radius 2 is 1.13 bits per heavy atom. The number of methoxy groups -OCH3 is 2. The Morgan fingerprint density at radius 1 is 0.672 bits per heavy atom. The fourth-order valence-electron chi connectivity index (χ4n) is 7.78. The molecule has 0 spiro atoms. The zero-order chi connectivity index (χ0) is 42.2. The standard InChI is InChI=1S/C50H44N6O5/c1-60-41-27-23-35(24-28-41)33-55(34-36-25-29-42(61-2)30-26-36)47-43-32-51-45(52-49(59)53-46(48(57)58)37-15-7-3-8-16-37)31-44(43)56(54-47)50(38-17-9-4-10-18-38,39-19-11-5-12-20-39)40-21-13-6-14-22-40/h3-32,46H,33-34H2,1-2H3,(H,57,58)(H2,51,52,53,59). The van der Waals surface area contributed by atoms with Crippen LogP contribution in [0.1, 0.15) is 39.4 Å². The topological polar surface area (TPSA) is 131 Å². The summed E-state index contributed by atoms with van der Waals surface area (Å²) in [6, 6.07) is 55.0. The Bertz CT molecular complexity index is 2570. The molecule has 11 heteroatoms. The third kappa shape index (κ3) is 8.35. The highest BCUT2D eigenvalue weighted by Crippen LogP contribution is 2.44. The number of rotatable bonds is 15. The second kappa shape index (κ2) is 17.9. The summed E-state index contributed by atoms with van der Waals surface area (Å²) >= 11 is 0. The van der Waals surface area contributed by atoms with Crippen molar-refractivity contribution in [3.8, 4) is 11.5 Å². The number of nitrogens with zero attached hydrogens (tertiary/aromatic N) is 4. The van der Waals surface area contributed by atoms with E-state index in [-0.39, 0.29) is 5.82 Å². The molecule has 0 fully saturated rings. The quantitative estimate of drug-likeness (QED) is 0.0874. The predicted molar refractivity (Wildman–Crippen MR) is 237 cm³/mol. The first kappa shape index (κ1) is 39.9. The van der Waals surface area contributed by atoms with E-state index in [9.17, 15) is 14.7 Å². The van der Waals surface area contributed by atoms with E-state index in [0.29, 0.717) is 30.0 Å². The number of urea groups is 1. The van der Waals surface area contributed by atoms with Crippen LogP contribution >= 0.6 is 0 Å². The van der Waals surface area contributed by atoms with Crippen molar-refractivity contribution >= 4 is 34.5 Å². The van der Waals surface area contributed by atoms with Crippen LogP contribution < -0.4 is 25.0 Å². The summed E-state index contributed by atoms with van der Waals surface area (Å²) in [5.74, 6) is 1.18. The molecule has 0 saturated carbocycles. The van der Waals surface area contributed by atoms with Crippen molar-refractivity contribution in [2.75, 3.05) is 24.4 Å². The van der Waals surface area contributed by atoms with Crippen LogP contribution in [0.3, 0.4) is 0 Å². The summed E-state index contributed by atoms with van der Waals surface area (Å²) in [6.45, 7) is 0.964. The average Bonchev–Trinajstić information content (AvgIpc) is 3.69. The van der Waals surface area contributed by atoms with E-state index >= 15 is 0 Å². The minimum atomic E-state index is -1.28. The number of pyridine rings is 1. The van der Waals surface area contributed by atoms with Gasteiger partial charge in [-0.3, -0.25) is 5.32 Å². The van der Waals surface area contributed by atoms with Crippen molar-refractivity contribution in [2.24, 2.45) is 0 Å². The van der Waals surface area contributed by atoms with Crippen molar-refractivity contribution in [1.29, 1.82) is 0 Å². The van der Waals surface area contributed by atoms with E-state index in [1.54, 1.807) is 56.8 Å². The van der Waals surface area contributed by atoms with Gasteiger partial charge in [0, 0.05) is 25.4 Å². The second-order valence-corrected chi connectivity index (χ2v) is 14.5. The van der Waals surface area contributed by atoms with E-state index in [1.807, 2.05) is 108 Å². The van der Waals surface area contributed by atoms with Crippen LogP contribution in [-0.4, -0.2) is 46.1 Å². The molecule has 8 rings (SSSR count). The van der Waals surface area contributed by atoms with Crippen LogP contribution in [-0.2, 0) is 23.4 Å². The third-order valence-corrected chi connectivity index (χ3v) is 10.7. The van der Waals surface area contributed by atoms with Gasteiger partial charge >= 0.3 is 12.0 Å². The molecule has 1 unspecified atom stereocenters. The number of fused-ring (bicyclic) bond motifs is 1. The van der Waals surface area contributed by atoms with Gasteiger partial charge in [0.25, 0.3) is 0 Å². The van der Waals surface area contributed by atoms with E-state index in [0.717, 1.165) is 44.7 Å². The molecule has 11 nitrogen and oxygen atoms in total. The van der Waals surface area contributed by atoms with Gasteiger partial charge < -0.3 is 24.8 Å². The number of benzene rings is 6. The number of carbonyl (C=O) groups excluding carboxylic acids is 1. The Balaban J connectivity index is 1.35. The number of nitrogens with one attached hydrogen (secondary N) is 2. The first-order valence-electron chi connectivity index (χ1n) is 19.8. The lowest BCUT2D eigenvalue weighted by Gasteiger charge is -2.37. The molecule has 8 aromatic rings. The zero-order valence-electron chi connectivity index (χ0n) is 33.7. The number of anilines is 2. The van der Waals surface area contributed by atoms with Crippen molar-refractivity contribution in [2.45, 2.75) is 24.7 Å². The molecule has 1 atom stereocenters. The van der Waals surface area contributed by atoms with Crippen molar-refractivity contribution in [1.82, 2.24) is 20.1 Å². The number of amides is 2. The molecule has 2 heterocycles. The number of hydrogen-bond acceptors (Lipinski definition) is 7. The van der Waals surface area contributed by atoms with Crippen LogP contribution in [0.5, 0.6) is 11.5 Å². The summed E-state index contributed by atoms with van der Waals surface area (Å²) in [5.41, 5.74) is 5.00. The Labute approximate surface area is 353 Å². The largest absolute Gasteiger partial charge is 0.497 e. The van der Waals surface area contributed by atoms with Crippen LogP contribution in [0.15, 0.2) is 182 Å². The minimum Gasteiger partial charge on any atom is -0.497 e. The second-order valence-electron chi connectivity index (χ2n) is 14.5. The van der Waals surface area contributed by atoms with Crippen molar-refractivity contribution < 1.29 is 24.2 Å².